The Morgan fingerprint density at radius 3 is 2.22 bits per heavy atom. The van der Waals surface area contributed by atoms with Gasteiger partial charge in [0, 0.05) is 49.9 Å². The van der Waals surface area contributed by atoms with Crippen LogP contribution in [0.4, 0.5) is 0 Å². The van der Waals surface area contributed by atoms with Crippen LogP contribution in [0, 0.1) is 5.41 Å². The van der Waals surface area contributed by atoms with E-state index in [1.54, 1.807) is 0 Å². The van der Waals surface area contributed by atoms with Crippen molar-refractivity contribution in [1.29, 1.82) is 0 Å². The number of hydrogen-bond donors (Lipinski definition) is 1. The molecule has 1 heterocycles. The molecule has 0 aromatic heterocycles. The Balaban J connectivity index is 1.70. The van der Waals surface area contributed by atoms with Crippen molar-refractivity contribution < 1.29 is 9.32 Å². The lowest BCUT2D eigenvalue weighted by molar-refractivity contribution is 0.0142. The maximum atomic E-state index is 12.2. The van der Waals surface area contributed by atoms with Crippen molar-refractivity contribution in [3.63, 3.8) is 0 Å². The van der Waals surface area contributed by atoms with Crippen molar-refractivity contribution in [2.45, 2.75) is 31.8 Å². The Kier molecular flexibility index (Phi) is 6.77. The fourth-order valence-electron chi connectivity index (χ4n) is 2.62. The predicted octanol–water partition coefficient (Wildman–Crippen LogP) is 1.82. The second-order valence-electron chi connectivity index (χ2n) is 7.39. The van der Waals surface area contributed by atoms with Crippen molar-refractivity contribution in [3.8, 4) is 0 Å². The van der Waals surface area contributed by atoms with Crippen molar-refractivity contribution in [1.82, 2.24) is 9.80 Å². The molecule has 2 rings (SSSR count). The topological polar surface area (TPSA) is 43.8 Å². The molecule has 0 unspecified atom stereocenters. The number of nitrogens with zero attached hydrogens (tertiary/aromatic N) is 2. The van der Waals surface area contributed by atoms with Crippen LogP contribution in [0.15, 0.2) is 35.2 Å². The first-order valence-electron chi connectivity index (χ1n) is 8.42. The summed E-state index contributed by atoms with van der Waals surface area (Å²) in [7, 11) is -0.910. The average molecular weight is 339 g/mol. The lowest BCUT2D eigenvalue weighted by atomic mass is 9.89. The number of aliphatic hydroxyl groups excluding tert-OH is 1. The molecule has 0 aliphatic carbocycles. The molecule has 1 aromatic carbocycles. The molecule has 4 nitrogen and oxygen atoms in total. The molecule has 0 bridgehead atoms. The van der Waals surface area contributed by atoms with E-state index < -0.39 is 10.8 Å². The van der Waals surface area contributed by atoms with Crippen molar-refractivity contribution in [3.05, 3.63) is 30.3 Å². The van der Waals surface area contributed by atoms with E-state index in [1.807, 2.05) is 30.3 Å². The molecule has 1 fully saturated rings. The van der Waals surface area contributed by atoms with E-state index in [-0.39, 0.29) is 11.5 Å². The van der Waals surface area contributed by atoms with Crippen LogP contribution >= 0.6 is 0 Å². The lowest BCUT2D eigenvalue weighted by Gasteiger charge is -2.37. The van der Waals surface area contributed by atoms with Gasteiger partial charge in [0.25, 0.3) is 0 Å². The van der Waals surface area contributed by atoms with Gasteiger partial charge < -0.3 is 5.11 Å². The van der Waals surface area contributed by atoms with Crippen molar-refractivity contribution >= 4 is 10.8 Å². The smallest absolute Gasteiger partial charge is 0.0715 e. The Bertz CT molecular complexity index is 493. The van der Waals surface area contributed by atoms with Crippen LogP contribution in [0.5, 0.6) is 0 Å². The lowest BCUT2D eigenvalue weighted by Crippen LogP contribution is -2.50. The molecule has 2 atom stereocenters. The molecule has 1 aromatic rings. The summed E-state index contributed by atoms with van der Waals surface area (Å²) in [5.74, 6) is 0.689. The molecule has 0 amide bonds. The number of piperazine rings is 1. The van der Waals surface area contributed by atoms with E-state index in [9.17, 15) is 9.32 Å². The molecule has 1 aliphatic rings. The summed E-state index contributed by atoms with van der Waals surface area (Å²) in [5.41, 5.74) is -0.0658. The summed E-state index contributed by atoms with van der Waals surface area (Å²) in [6.45, 7) is 11.8. The number of hydrogen-bond acceptors (Lipinski definition) is 4. The Morgan fingerprint density at radius 2 is 1.65 bits per heavy atom. The highest BCUT2D eigenvalue weighted by Gasteiger charge is 2.26. The van der Waals surface area contributed by atoms with Crippen LogP contribution < -0.4 is 0 Å². The van der Waals surface area contributed by atoms with E-state index in [4.69, 9.17) is 0 Å². The number of β-amino-alcohol motifs (C(OH)–C–C–N with tert-alkyl or cyclic N) is 1. The first-order chi connectivity index (χ1) is 10.9. The van der Waals surface area contributed by atoms with Gasteiger partial charge in [0.1, 0.15) is 0 Å². The molecule has 23 heavy (non-hydrogen) atoms. The second kappa shape index (κ2) is 8.38. The molecule has 1 aliphatic heterocycles. The van der Waals surface area contributed by atoms with Gasteiger partial charge in [0.2, 0.25) is 0 Å². The standard InChI is InChI=1S/C18H30N2O2S/c1-18(2,3)17(21)15-20-11-9-19(10-12-20)13-14-23(22)16-7-5-4-6-8-16/h4-8,17,21H,9-15H2,1-3H3/t17-,23+/m0/s1. The van der Waals surface area contributed by atoms with Crippen LogP contribution in [0.3, 0.4) is 0 Å². The normalized spacial score (nSPS) is 20.3. The van der Waals surface area contributed by atoms with Crippen molar-refractivity contribution in [2.75, 3.05) is 45.0 Å². The zero-order valence-electron chi connectivity index (χ0n) is 14.6. The highest BCUT2D eigenvalue weighted by Crippen LogP contribution is 2.20. The van der Waals surface area contributed by atoms with E-state index >= 15 is 0 Å². The fourth-order valence-corrected chi connectivity index (χ4v) is 3.74. The van der Waals surface area contributed by atoms with Crippen LogP contribution in [-0.4, -0.2) is 70.2 Å². The minimum absolute atomic E-state index is 0.0658. The van der Waals surface area contributed by atoms with E-state index in [1.165, 1.54) is 0 Å². The zero-order chi connectivity index (χ0) is 16.9. The van der Waals surface area contributed by atoms with Gasteiger partial charge in [0.05, 0.1) is 16.9 Å². The van der Waals surface area contributed by atoms with Gasteiger partial charge in [-0.2, -0.15) is 0 Å². The van der Waals surface area contributed by atoms with Crippen LogP contribution in [-0.2, 0) is 10.8 Å². The second-order valence-corrected chi connectivity index (χ2v) is 8.96. The largest absolute Gasteiger partial charge is 0.391 e. The number of rotatable bonds is 6. The van der Waals surface area contributed by atoms with Crippen LogP contribution in [0.1, 0.15) is 20.8 Å². The predicted molar refractivity (Wildman–Crippen MR) is 96.1 cm³/mol. The molecule has 1 N–H and O–H groups in total. The minimum Gasteiger partial charge on any atom is -0.391 e. The molecule has 0 radical (unpaired) electrons. The number of aliphatic hydroxyl groups is 1. The first-order valence-corrected chi connectivity index (χ1v) is 9.74. The third-order valence-corrected chi connectivity index (χ3v) is 5.85. The van der Waals surface area contributed by atoms with Gasteiger partial charge in [-0.05, 0) is 17.5 Å². The van der Waals surface area contributed by atoms with Crippen LogP contribution in [0.2, 0.25) is 0 Å². The Labute approximate surface area is 142 Å². The van der Waals surface area contributed by atoms with E-state index in [0.717, 1.165) is 44.2 Å². The molecule has 5 heteroatoms. The number of benzene rings is 1. The molecule has 0 saturated carbocycles. The maximum absolute atomic E-state index is 12.2. The monoisotopic (exact) mass is 338 g/mol. The van der Waals surface area contributed by atoms with Crippen molar-refractivity contribution in [2.24, 2.45) is 5.41 Å². The minimum atomic E-state index is -0.910. The van der Waals surface area contributed by atoms with Gasteiger partial charge in [-0.15, -0.1) is 0 Å². The summed E-state index contributed by atoms with van der Waals surface area (Å²) < 4.78 is 12.2. The summed E-state index contributed by atoms with van der Waals surface area (Å²) in [4.78, 5) is 5.63. The molecular formula is C18H30N2O2S. The average Bonchev–Trinajstić information content (AvgIpc) is 2.54. The van der Waals surface area contributed by atoms with Gasteiger partial charge in [-0.1, -0.05) is 39.0 Å². The fraction of sp³-hybridized carbons (Fsp3) is 0.667. The summed E-state index contributed by atoms with van der Waals surface area (Å²) in [6.07, 6.45) is -0.292. The van der Waals surface area contributed by atoms with E-state index in [2.05, 4.69) is 30.6 Å². The summed E-state index contributed by atoms with van der Waals surface area (Å²) in [5, 5.41) is 10.2. The van der Waals surface area contributed by atoms with Gasteiger partial charge >= 0.3 is 0 Å². The molecule has 1 saturated heterocycles. The highest BCUT2D eigenvalue weighted by atomic mass is 32.2. The first kappa shape index (κ1) is 18.6. The van der Waals surface area contributed by atoms with E-state index in [0.29, 0.717) is 5.75 Å². The third kappa shape index (κ3) is 5.99. The van der Waals surface area contributed by atoms with Crippen LogP contribution in [0.25, 0.3) is 0 Å². The zero-order valence-corrected chi connectivity index (χ0v) is 15.4. The van der Waals surface area contributed by atoms with Gasteiger partial charge in [0.15, 0.2) is 0 Å². The third-order valence-electron chi connectivity index (χ3n) is 4.49. The van der Waals surface area contributed by atoms with Gasteiger partial charge in [-0.3, -0.25) is 14.0 Å². The summed E-state index contributed by atoms with van der Waals surface area (Å²) in [6, 6.07) is 9.69. The highest BCUT2D eigenvalue weighted by molar-refractivity contribution is 7.85. The molecule has 130 valence electrons. The Hall–Kier alpha value is -0.750. The summed E-state index contributed by atoms with van der Waals surface area (Å²) >= 11 is 0. The molecular weight excluding hydrogens is 308 g/mol. The Morgan fingerprint density at radius 1 is 1.09 bits per heavy atom. The maximum Gasteiger partial charge on any atom is 0.0715 e. The molecule has 0 spiro atoms. The quantitative estimate of drug-likeness (QED) is 0.859. The SMILES string of the molecule is CC(C)(C)[C@@H](O)CN1CCN(CC[S@@](=O)c2ccccc2)CC1. The van der Waals surface area contributed by atoms with Gasteiger partial charge in [-0.25, -0.2) is 0 Å².